The molecule has 1 saturated heterocycles. The highest BCUT2D eigenvalue weighted by Gasteiger charge is 2.43. The van der Waals surface area contributed by atoms with E-state index in [-0.39, 0.29) is 24.5 Å². The minimum atomic E-state index is -3.97. The van der Waals surface area contributed by atoms with Gasteiger partial charge in [0.15, 0.2) is 11.6 Å². The van der Waals surface area contributed by atoms with Crippen LogP contribution >= 0.6 is 11.3 Å². The lowest BCUT2D eigenvalue weighted by atomic mass is 10.0. The Morgan fingerprint density at radius 1 is 1.22 bits per heavy atom. The summed E-state index contributed by atoms with van der Waals surface area (Å²) in [6, 6.07) is 9.41. The molecule has 0 bridgehead atoms. The molecule has 1 unspecified atom stereocenters. The second-order valence-electron chi connectivity index (χ2n) is 8.53. The Hall–Kier alpha value is -3.29. The Labute approximate surface area is 212 Å². The summed E-state index contributed by atoms with van der Waals surface area (Å²) in [5.41, 5.74) is 1.10. The molecule has 0 radical (unpaired) electrons. The van der Waals surface area contributed by atoms with Crippen LogP contribution in [-0.4, -0.2) is 73.4 Å². The molecule has 2 aromatic heterocycles. The number of benzene rings is 1. The van der Waals surface area contributed by atoms with Crippen LogP contribution in [0, 0.1) is 5.82 Å². The summed E-state index contributed by atoms with van der Waals surface area (Å²) in [6.07, 6.45) is -0.102. The Bertz CT molecular complexity index is 1370. The van der Waals surface area contributed by atoms with Crippen LogP contribution in [0.3, 0.4) is 0 Å². The second-order valence-corrected chi connectivity index (χ2v) is 11.5. The van der Waals surface area contributed by atoms with E-state index in [4.69, 9.17) is 4.74 Å². The fourth-order valence-corrected chi connectivity index (χ4v) is 5.82. The summed E-state index contributed by atoms with van der Waals surface area (Å²) in [7, 11) is 1.92. The third-order valence-electron chi connectivity index (χ3n) is 5.88. The van der Waals surface area contributed by atoms with Crippen LogP contribution in [0.2, 0.25) is 0 Å². The van der Waals surface area contributed by atoms with E-state index in [0.717, 1.165) is 14.2 Å². The number of anilines is 1. The van der Waals surface area contributed by atoms with Crippen LogP contribution in [-0.2, 0) is 21.5 Å². The second kappa shape index (κ2) is 9.99. The van der Waals surface area contributed by atoms with E-state index in [2.05, 4.69) is 5.10 Å². The number of rotatable bonds is 8. The Morgan fingerprint density at radius 3 is 2.50 bits per heavy atom. The van der Waals surface area contributed by atoms with Crippen LogP contribution in [0.25, 0.3) is 0 Å². The number of amides is 1. The molecule has 1 fully saturated rings. The Balaban J connectivity index is 1.77. The van der Waals surface area contributed by atoms with Crippen molar-refractivity contribution in [2.45, 2.75) is 18.9 Å². The third-order valence-corrected chi connectivity index (χ3v) is 8.57. The van der Waals surface area contributed by atoms with Gasteiger partial charge in [-0.15, -0.1) is 11.3 Å². The van der Waals surface area contributed by atoms with E-state index in [0.29, 0.717) is 22.9 Å². The molecule has 192 valence electrons. The summed E-state index contributed by atoms with van der Waals surface area (Å²) >= 11 is 1.26. The highest BCUT2D eigenvalue weighted by Crippen LogP contribution is 2.41. The van der Waals surface area contributed by atoms with Gasteiger partial charge in [0.1, 0.15) is 11.5 Å². The van der Waals surface area contributed by atoms with E-state index in [1.54, 1.807) is 41.6 Å². The molecule has 1 amide bonds. The predicted octanol–water partition coefficient (Wildman–Crippen LogP) is 2.54. The van der Waals surface area contributed by atoms with E-state index in [1.807, 2.05) is 0 Å². The monoisotopic (exact) mass is 535 g/mol. The smallest absolute Gasteiger partial charge is 0.305 e. The number of methoxy groups -OCH3 is 1. The zero-order chi connectivity index (χ0) is 26.2. The molecule has 1 aliphatic heterocycles. The summed E-state index contributed by atoms with van der Waals surface area (Å²) in [5, 5.41) is 6.33. The van der Waals surface area contributed by atoms with Crippen LogP contribution in [0.15, 0.2) is 41.8 Å². The van der Waals surface area contributed by atoms with Crippen molar-refractivity contribution in [2.75, 3.05) is 39.7 Å². The topological polar surface area (TPSA) is 105 Å². The molecular weight excluding hydrogens is 509 g/mol. The molecule has 1 aliphatic rings. The third kappa shape index (κ3) is 4.73. The summed E-state index contributed by atoms with van der Waals surface area (Å²) in [6.45, 7) is 0.186. The van der Waals surface area contributed by atoms with Gasteiger partial charge >= 0.3 is 10.2 Å². The van der Waals surface area contributed by atoms with E-state index >= 15 is 0 Å². The number of halogens is 1. The molecule has 0 aliphatic carbocycles. The number of thiophene rings is 1. The zero-order valence-electron chi connectivity index (χ0n) is 20.2. The van der Waals surface area contributed by atoms with Gasteiger partial charge in [0, 0.05) is 46.6 Å². The van der Waals surface area contributed by atoms with Gasteiger partial charge in [0.25, 0.3) is 5.91 Å². The van der Waals surface area contributed by atoms with Gasteiger partial charge in [-0.25, -0.2) is 8.70 Å². The van der Waals surface area contributed by atoms with Crippen LogP contribution in [0.1, 0.15) is 33.3 Å². The van der Waals surface area contributed by atoms with Gasteiger partial charge < -0.3 is 9.64 Å². The molecule has 13 heteroatoms. The number of carbonyl (C=O) groups is 2. The summed E-state index contributed by atoms with van der Waals surface area (Å²) in [4.78, 5) is 28.3. The predicted molar refractivity (Wildman–Crippen MR) is 133 cm³/mol. The molecular formula is C23H26FN5O5S2. The van der Waals surface area contributed by atoms with Gasteiger partial charge in [-0.05, 0) is 29.1 Å². The van der Waals surface area contributed by atoms with Gasteiger partial charge in [-0.2, -0.15) is 22.5 Å². The summed E-state index contributed by atoms with van der Waals surface area (Å²) in [5.74, 6) is -1.31. The lowest BCUT2D eigenvalue weighted by Gasteiger charge is -2.21. The number of hydrogen-bond acceptors (Lipinski definition) is 8. The van der Waals surface area contributed by atoms with Crippen molar-refractivity contribution < 1.29 is 27.1 Å². The number of aromatic nitrogens is 2. The SMILES string of the molecule is COc1c(C2CC(=O)N(S(=O)(=O)N(C)C)C2)nn(C(=O)c2cccs2)c1N(C)Cc1ccc(F)cc1. The first kappa shape index (κ1) is 25.8. The van der Waals surface area contributed by atoms with Crippen molar-refractivity contribution in [1.29, 1.82) is 0 Å². The molecule has 36 heavy (non-hydrogen) atoms. The standard InChI is InChI=1S/C23H26FN5O5S2/c1-26(2)36(32,33)28-14-16(12-19(28)30)20-21(34-4)22(27(3)13-15-7-9-17(24)10-8-15)29(25-20)23(31)18-6-5-11-35-18/h5-11,16H,12-14H2,1-4H3. The normalized spacial score (nSPS) is 16.1. The largest absolute Gasteiger partial charge is 0.491 e. The highest BCUT2D eigenvalue weighted by molar-refractivity contribution is 7.87. The number of ether oxygens (including phenoxy) is 1. The Kier molecular flexibility index (Phi) is 7.16. The molecule has 4 rings (SSSR count). The Morgan fingerprint density at radius 2 is 1.92 bits per heavy atom. The van der Waals surface area contributed by atoms with Gasteiger partial charge in [0.2, 0.25) is 5.91 Å². The van der Waals surface area contributed by atoms with Crippen LogP contribution in [0.4, 0.5) is 10.2 Å². The molecule has 0 N–H and O–H groups in total. The fourth-order valence-electron chi connectivity index (χ4n) is 4.08. The van der Waals surface area contributed by atoms with E-state index < -0.39 is 27.9 Å². The molecule has 1 aromatic carbocycles. The molecule has 0 spiro atoms. The van der Waals surface area contributed by atoms with Crippen LogP contribution < -0.4 is 9.64 Å². The molecule has 3 heterocycles. The number of carbonyl (C=O) groups excluding carboxylic acids is 2. The van der Waals surface area contributed by atoms with E-state index in [9.17, 15) is 22.4 Å². The number of hydrogen-bond donors (Lipinski definition) is 0. The zero-order valence-corrected chi connectivity index (χ0v) is 21.8. The van der Waals surface area contributed by atoms with Crippen LogP contribution in [0.5, 0.6) is 5.75 Å². The lowest BCUT2D eigenvalue weighted by Crippen LogP contribution is -2.40. The molecule has 0 saturated carbocycles. The fraction of sp³-hybridized carbons (Fsp3) is 0.348. The average Bonchev–Trinajstić information content (AvgIpc) is 3.58. The van der Waals surface area contributed by atoms with Crippen molar-refractivity contribution in [3.8, 4) is 5.75 Å². The summed E-state index contributed by atoms with van der Waals surface area (Å²) < 4.78 is 47.4. The lowest BCUT2D eigenvalue weighted by molar-refractivity contribution is -0.123. The first-order valence-electron chi connectivity index (χ1n) is 11.0. The molecule has 1 atom stereocenters. The maximum Gasteiger partial charge on any atom is 0.305 e. The maximum absolute atomic E-state index is 13.4. The van der Waals surface area contributed by atoms with Crippen molar-refractivity contribution >= 4 is 39.2 Å². The van der Waals surface area contributed by atoms with Crippen molar-refractivity contribution in [1.82, 2.24) is 18.4 Å². The number of nitrogens with zero attached hydrogens (tertiary/aromatic N) is 5. The van der Waals surface area contributed by atoms with E-state index in [1.165, 1.54) is 49.4 Å². The van der Waals surface area contributed by atoms with Gasteiger partial charge in [-0.1, -0.05) is 18.2 Å². The van der Waals surface area contributed by atoms with Crippen molar-refractivity contribution in [2.24, 2.45) is 0 Å². The highest BCUT2D eigenvalue weighted by atomic mass is 32.2. The first-order valence-corrected chi connectivity index (χ1v) is 13.3. The van der Waals surface area contributed by atoms with Gasteiger partial charge in [-0.3, -0.25) is 9.59 Å². The maximum atomic E-state index is 13.4. The quantitative estimate of drug-likeness (QED) is 0.437. The molecule has 3 aromatic rings. The minimum absolute atomic E-state index is 0.102. The molecule has 10 nitrogen and oxygen atoms in total. The first-order chi connectivity index (χ1) is 17.0. The van der Waals surface area contributed by atoms with Crippen molar-refractivity contribution in [3.05, 3.63) is 63.7 Å². The van der Waals surface area contributed by atoms with Crippen molar-refractivity contribution in [3.63, 3.8) is 0 Å². The minimum Gasteiger partial charge on any atom is -0.491 e. The average molecular weight is 536 g/mol. The van der Waals surface area contributed by atoms with Gasteiger partial charge in [0.05, 0.1) is 12.0 Å².